The van der Waals surface area contributed by atoms with Crippen LogP contribution in [0.1, 0.15) is 65.7 Å². The van der Waals surface area contributed by atoms with Crippen molar-refractivity contribution in [2.24, 2.45) is 5.92 Å². The number of carbonyl (C=O) groups is 2. The van der Waals surface area contributed by atoms with Crippen molar-refractivity contribution in [1.29, 1.82) is 0 Å². The highest BCUT2D eigenvalue weighted by Crippen LogP contribution is 2.51. The fourth-order valence-electron chi connectivity index (χ4n) is 4.90. The van der Waals surface area contributed by atoms with E-state index in [1.807, 2.05) is 49.2 Å². The summed E-state index contributed by atoms with van der Waals surface area (Å²) in [5, 5.41) is 14.5. The van der Waals surface area contributed by atoms with E-state index in [1.54, 1.807) is 0 Å². The molecule has 3 fully saturated rings. The van der Waals surface area contributed by atoms with Crippen molar-refractivity contribution < 1.29 is 24.2 Å². The highest BCUT2D eigenvalue weighted by atomic mass is 32.2. The highest BCUT2D eigenvalue weighted by Gasteiger charge is 2.52. The number of ether oxygens (including phenoxy) is 2. The van der Waals surface area contributed by atoms with Gasteiger partial charge in [0.1, 0.15) is 17.9 Å². The summed E-state index contributed by atoms with van der Waals surface area (Å²) in [5.41, 5.74) is -0.617. The number of esters is 1. The van der Waals surface area contributed by atoms with Gasteiger partial charge in [0.25, 0.3) is 0 Å². The smallest absolute Gasteiger partial charge is 0.408 e. The molecule has 1 saturated carbocycles. The minimum Gasteiger partial charge on any atom is -0.468 e. The molecule has 178 valence electrons. The molecule has 1 unspecified atom stereocenters. The van der Waals surface area contributed by atoms with Gasteiger partial charge in [-0.15, -0.1) is 23.5 Å². The molecule has 9 heteroatoms. The molecule has 1 amide bonds. The number of carbonyl (C=O) groups excluding carboxylic acids is 2. The maximum atomic E-state index is 12.7. The molecule has 0 radical (unpaired) electrons. The third-order valence-corrected chi connectivity index (χ3v) is 9.66. The molecule has 2 saturated heterocycles. The molecule has 0 aromatic rings. The van der Waals surface area contributed by atoms with E-state index in [9.17, 15) is 14.7 Å². The SMILES string of the molecule is COC(=O)[C@@H]1CC2(CN1[C@H](O)C(NC(=O)OC(C)(C)C)C1CCCCC1)SCCCS2. The summed E-state index contributed by atoms with van der Waals surface area (Å²) >= 11 is 3.77. The Kier molecular flexibility index (Phi) is 8.49. The third kappa shape index (κ3) is 6.45. The van der Waals surface area contributed by atoms with Crippen molar-refractivity contribution in [1.82, 2.24) is 10.2 Å². The number of alkyl carbamates (subject to hydrolysis) is 1. The molecule has 1 aliphatic carbocycles. The van der Waals surface area contributed by atoms with Crippen LogP contribution in [0.2, 0.25) is 0 Å². The van der Waals surface area contributed by atoms with Gasteiger partial charge in [-0.25, -0.2) is 4.79 Å². The molecule has 2 N–H and O–H groups in total. The fourth-order valence-corrected chi connectivity index (χ4v) is 8.27. The van der Waals surface area contributed by atoms with E-state index in [0.717, 1.165) is 43.6 Å². The van der Waals surface area contributed by atoms with Crippen LogP contribution in [0.3, 0.4) is 0 Å². The van der Waals surface area contributed by atoms with Gasteiger partial charge < -0.3 is 19.9 Å². The molecule has 0 aromatic heterocycles. The monoisotopic (exact) mass is 474 g/mol. The van der Waals surface area contributed by atoms with Crippen LogP contribution in [0.4, 0.5) is 4.79 Å². The van der Waals surface area contributed by atoms with Crippen LogP contribution in [0.15, 0.2) is 0 Å². The second kappa shape index (κ2) is 10.5. The molecule has 2 heterocycles. The average molecular weight is 475 g/mol. The van der Waals surface area contributed by atoms with E-state index in [1.165, 1.54) is 13.5 Å². The van der Waals surface area contributed by atoms with E-state index in [4.69, 9.17) is 9.47 Å². The van der Waals surface area contributed by atoms with Crippen molar-refractivity contribution >= 4 is 35.6 Å². The number of methoxy groups -OCH3 is 1. The first-order chi connectivity index (χ1) is 14.6. The molecule has 31 heavy (non-hydrogen) atoms. The number of thioether (sulfide) groups is 2. The lowest BCUT2D eigenvalue weighted by atomic mass is 9.83. The number of aliphatic hydroxyl groups excluding tert-OH is 1. The van der Waals surface area contributed by atoms with Crippen LogP contribution in [0.5, 0.6) is 0 Å². The number of amides is 1. The number of hydrogen-bond donors (Lipinski definition) is 2. The number of likely N-dealkylation sites (tertiary alicyclic amines) is 1. The molecule has 3 rings (SSSR count). The Bertz CT molecular complexity index is 630. The van der Waals surface area contributed by atoms with Crippen molar-refractivity contribution in [3.63, 3.8) is 0 Å². The highest BCUT2D eigenvalue weighted by molar-refractivity contribution is 8.18. The van der Waals surface area contributed by atoms with Crippen LogP contribution < -0.4 is 5.32 Å². The lowest BCUT2D eigenvalue weighted by molar-refractivity contribution is -0.151. The van der Waals surface area contributed by atoms with Gasteiger partial charge >= 0.3 is 12.1 Å². The second-order valence-corrected chi connectivity index (χ2v) is 13.1. The number of nitrogens with zero attached hydrogens (tertiary/aromatic N) is 1. The first-order valence-corrected chi connectivity index (χ1v) is 13.4. The summed E-state index contributed by atoms with van der Waals surface area (Å²) < 4.78 is 10.5. The Balaban J connectivity index is 1.82. The van der Waals surface area contributed by atoms with Crippen LogP contribution >= 0.6 is 23.5 Å². The summed E-state index contributed by atoms with van der Waals surface area (Å²) in [7, 11) is 1.40. The van der Waals surface area contributed by atoms with Gasteiger partial charge in [-0.2, -0.15) is 0 Å². The fraction of sp³-hybridized carbons (Fsp3) is 0.909. The standard InChI is InChI=1S/C22H38N2O5S2/c1-21(2,3)29-20(27)23-17(15-9-6-5-7-10-15)18(25)24-14-22(30-11-8-12-31-22)13-16(24)19(26)28-4/h15-18,25H,5-14H2,1-4H3,(H,23,27)/t16-,17?,18+/m0/s1. The predicted molar refractivity (Wildman–Crippen MR) is 125 cm³/mol. The van der Waals surface area contributed by atoms with Gasteiger partial charge in [0.05, 0.1) is 17.2 Å². The van der Waals surface area contributed by atoms with Crippen molar-refractivity contribution in [2.45, 2.75) is 93.7 Å². The van der Waals surface area contributed by atoms with Gasteiger partial charge in [-0.3, -0.25) is 9.69 Å². The van der Waals surface area contributed by atoms with E-state index >= 15 is 0 Å². The quantitative estimate of drug-likeness (QED) is 0.585. The van der Waals surface area contributed by atoms with Crippen molar-refractivity contribution in [3.8, 4) is 0 Å². The molecule has 7 nitrogen and oxygen atoms in total. The Hall–Kier alpha value is -0.640. The third-order valence-electron chi connectivity index (χ3n) is 6.32. The number of aliphatic hydroxyl groups is 1. The zero-order chi connectivity index (χ0) is 22.6. The molecule has 3 atom stereocenters. The molecule has 0 aromatic carbocycles. The van der Waals surface area contributed by atoms with Crippen LogP contribution in [0.25, 0.3) is 0 Å². The lowest BCUT2D eigenvalue weighted by Crippen LogP contribution is -2.58. The maximum Gasteiger partial charge on any atom is 0.408 e. The minimum absolute atomic E-state index is 0.110. The average Bonchev–Trinajstić information content (AvgIpc) is 3.09. The zero-order valence-electron chi connectivity index (χ0n) is 19.2. The van der Waals surface area contributed by atoms with E-state index in [2.05, 4.69) is 5.32 Å². The summed E-state index contributed by atoms with van der Waals surface area (Å²) in [6, 6.07) is -0.999. The normalized spacial score (nSPS) is 26.9. The van der Waals surface area contributed by atoms with E-state index < -0.39 is 30.0 Å². The topological polar surface area (TPSA) is 88.1 Å². The van der Waals surface area contributed by atoms with Gasteiger partial charge in [-0.05, 0) is 63.9 Å². The van der Waals surface area contributed by atoms with Gasteiger partial charge in [0.2, 0.25) is 0 Å². The Labute approximate surface area is 194 Å². The first kappa shape index (κ1) is 25.0. The molecule has 2 aliphatic heterocycles. The largest absolute Gasteiger partial charge is 0.468 e. The Morgan fingerprint density at radius 2 is 1.77 bits per heavy atom. The Morgan fingerprint density at radius 3 is 2.35 bits per heavy atom. The van der Waals surface area contributed by atoms with Gasteiger partial charge in [-0.1, -0.05) is 19.3 Å². The minimum atomic E-state index is -0.970. The van der Waals surface area contributed by atoms with Gasteiger partial charge in [0.15, 0.2) is 0 Å². The van der Waals surface area contributed by atoms with Gasteiger partial charge in [0, 0.05) is 6.54 Å². The number of nitrogens with one attached hydrogen (secondary N) is 1. The first-order valence-electron chi connectivity index (χ1n) is 11.4. The van der Waals surface area contributed by atoms with E-state index in [-0.39, 0.29) is 16.0 Å². The van der Waals surface area contributed by atoms with Crippen molar-refractivity contribution in [3.05, 3.63) is 0 Å². The number of hydrogen-bond acceptors (Lipinski definition) is 8. The summed E-state index contributed by atoms with van der Waals surface area (Å²) in [4.78, 5) is 27.2. The second-order valence-electron chi connectivity index (χ2n) is 9.86. The number of rotatable bonds is 5. The lowest BCUT2D eigenvalue weighted by Gasteiger charge is -2.40. The Morgan fingerprint density at radius 1 is 1.13 bits per heavy atom. The van der Waals surface area contributed by atoms with Crippen molar-refractivity contribution in [2.75, 3.05) is 25.2 Å². The zero-order valence-corrected chi connectivity index (χ0v) is 20.9. The van der Waals surface area contributed by atoms with Crippen LogP contribution in [-0.4, -0.2) is 75.2 Å². The van der Waals surface area contributed by atoms with E-state index in [0.29, 0.717) is 13.0 Å². The van der Waals surface area contributed by atoms with Crippen LogP contribution in [0, 0.1) is 5.92 Å². The summed E-state index contributed by atoms with van der Waals surface area (Å²) in [5.74, 6) is 1.96. The summed E-state index contributed by atoms with van der Waals surface area (Å²) in [6.45, 7) is 6.08. The molecular formula is C22H38N2O5S2. The maximum absolute atomic E-state index is 12.7. The predicted octanol–water partition coefficient (Wildman–Crippen LogP) is 3.59. The summed E-state index contributed by atoms with van der Waals surface area (Å²) in [6.07, 6.45) is 5.56. The molecule has 1 spiro atoms. The molecule has 3 aliphatic rings. The van der Waals surface area contributed by atoms with Crippen LogP contribution in [-0.2, 0) is 14.3 Å². The molecular weight excluding hydrogens is 436 g/mol. The molecule has 0 bridgehead atoms.